The van der Waals surface area contributed by atoms with E-state index in [2.05, 4.69) is 64.6 Å². The van der Waals surface area contributed by atoms with Crippen LogP contribution in [0, 0.1) is 14.9 Å². The van der Waals surface area contributed by atoms with Gasteiger partial charge >= 0.3 is 0 Å². The van der Waals surface area contributed by atoms with Crippen LogP contribution >= 0.6 is 61.5 Å². The number of nitrogens with zero attached hydrogens (tertiary/aromatic N) is 1. The van der Waals surface area contributed by atoms with E-state index >= 15 is 0 Å². The summed E-state index contributed by atoms with van der Waals surface area (Å²) in [5.74, 6) is 0.625. The zero-order chi connectivity index (χ0) is 24.6. The molecule has 2 aromatic carbocycles. The topological polar surface area (TPSA) is 61.7 Å². The standard InChI is InChI=1S/C26H25BrClIN2O2S/c1-26(2,3)15-4-9-18-21(12-15)34-25(30-13-14-10-19(27)23(32)20(29)11-14)22(18)24(33)31-17-7-5-16(28)6-8-17/h5-8,10-11,13,15,32H,4,9,12H2,1-3H3,(H,31,33)/t15-/m1/s1. The fourth-order valence-corrected chi connectivity index (χ4v) is 7.05. The van der Waals surface area contributed by atoms with Gasteiger partial charge in [-0.25, -0.2) is 4.99 Å². The van der Waals surface area contributed by atoms with Gasteiger partial charge in [-0.2, -0.15) is 0 Å². The van der Waals surface area contributed by atoms with Crippen molar-refractivity contribution in [1.82, 2.24) is 0 Å². The van der Waals surface area contributed by atoms with Crippen molar-refractivity contribution < 1.29 is 9.90 Å². The van der Waals surface area contributed by atoms with Gasteiger partial charge in [0.2, 0.25) is 0 Å². The van der Waals surface area contributed by atoms with Crippen LogP contribution in [0.4, 0.5) is 10.7 Å². The van der Waals surface area contributed by atoms with Gasteiger partial charge in [0.05, 0.1) is 13.6 Å². The molecule has 0 bridgehead atoms. The summed E-state index contributed by atoms with van der Waals surface area (Å²) in [6.45, 7) is 6.86. The summed E-state index contributed by atoms with van der Waals surface area (Å²) in [5, 5.41) is 14.4. The van der Waals surface area contributed by atoms with Crippen LogP contribution in [-0.4, -0.2) is 17.2 Å². The van der Waals surface area contributed by atoms with Gasteiger partial charge in [-0.1, -0.05) is 32.4 Å². The Hall–Kier alpha value is -1.42. The largest absolute Gasteiger partial charge is 0.506 e. The number of anilines is 1. The minimum absolute atomic E-state index is 0.150. The lowest BCUT2D eigenvalue weighted by Crippen LogP contribution is -2.27. The van der Waals surface area contributed by atoms with E-state index in [1.165, 1.54) is 4.88 Å². The number of benzene rings is 2. The number of halogens is 3. The van der Waals surface area contributed by atoms with Crippen LogP contribution in [0.5, 0.6) is 5.75 Å². The molecule has 0 aliphatic heterocycles. The highest BCUT2D eigenvalue weighted by Crippen LogP contribution is 2.45. The van der Waals surface area contributed by atoms with Crippen molar-refractivity contribution in [3.63, 3.8) is 0 Å². The van der Waals surface area contributed by atoms with E-state index in [1.54, 1.807) is 41.8 Å². The minimum Gasteiger partial charge on any atom is -0.506 e. The van der Waals surface area contributed by atoms with Crippen LogP contribution in [0.2, 0.25) is 5.02 Å². The number of phenols is 1. The molecular weight excluding hydrogens is 647 g/mol. The molecule has 0 fully saturated rings. The predicted octanol–water partition coefficient (Wildman–Crippen LogP) is 8.63. The van der Waals surface area contributed by atoms with E-state index in [-0.39, 0.29) is 17.1 Å². The van der Waals surface area contributed by atoms with Crippen molar-refractivity contribution in [1.29, 1.82) is 0 Å². The molecule has 4 rings (SSSR count). The number of carbonyl (C=O) groups is 1. The van der Waals surface area contributed by atoms with Crippen LogP contribution in [-0.2, 0) is 12.8 Å². The van der Waals surface area contributed by atoms with Gasteiger partial charge < -0.3 is 10.4 Å². The van der Waals surface area contributed by atoms with E-state index in [0.29, 0.717) is 31.7 Å². The number of nitrogens with one attached hydrogen (secondary N) is 1. The fourth-order valence-electron chi connectivity index (χ4n) is 4.16. The molecule has 0 saturated heterocycles. The van der Waals surface area contributed by atoms with Crippen LogP contribution in [0.15, 0.2) is 45.9 Å². The van der Waals surface area contributed by atoms with Crippen molar-refractivity contribution in [3.05, 3.63) is 71.0 Å². The molecule has 0 radical (unpaired) electrons. The van der Waals surface area contributed by atoms with Crippen molar-refractivity contribution in [2.24, 2.45) is 16.3 Å². The summed E-state index contributed by atoms with van der Waals surface area (Å²) in [4.78, 5) is 19.5. The minimum atomic E-state index is -0.150. The SMILES string of the molecule is CC(C)(C)[C@@H]1CCc2c(sc(N=Cc3cc(Br)c(O)c(I)c3)c2C(=O)Nc2ccc(Cl)cc2)C1. The Bertz CT molecular complexity index is 1240. The Morgan fingerprint density at radius 1 is 1.29 bits per heavy atom. The second kappa shape index (κ2) is 10.3. The van der Waals surface area contributed by atoms with Gasteiger partial charge in [-0.05, 0) is 117 Å². The molecule has 1 atom stereocenters. The molecule has 1 amide bonds. The van der Waals surface area contributed by atoms with Crippen LogP contribution in [0.25, 0.3) is 0 Å². The summed E-state index contributed by atoms with van der Waals surface area (Å²) >= 11 is 13.1. The number of hydrogen-bond donors (Lipinski definition) is 2. The smallest absolute Gasteiger partial charge is 0.259 e. The molecule has 3 aromatic rings. The highest BCUT2D eigenvalue weighted by Gasteiger charge is 2.33. The molecule has 1 aromatic heterocycles. The number of hydrogen-bond acceptors (Lipinski definition) is 4. The first-order chi connectivity index (χ1) is 16.0. The van der Waals surface area contributed by atoms with E-state index in [9.17, 15) is 9.90 Å². The van der Waals surface area contributed by atoms with Gasteiger partial charge in [0.15, 0.2) is 0 Å². The Morgan fingerprint density at radius 2 is 2.00 bits per heavy atom. The fraction of sp³-hybridized carbons (Fsp3) is 0.308. The third-order valence-electron chi connectivity index (χ3n) is 6.17. The van der Waals surface area contributed by atoms with E-state index in [0.717, 1.165) is 34.0 Å². The molecule has 0 spiro atoms. The van der Waals surface area contributed by atoms with Crippen LogP contribution < -0.4 is 5.32 Å². The quantitative estimate of drug-likeness (QED) is 0.216. The first-order valence-electron chi connectivity index (χ1n) is 11.0. The predicted molar refractivity (Wildman–Crippen MR) is 154 cm³/mol. The lowest BCUT2D eigenvalue weighted by atomic mass is 9.72. The first-order valence-corrected chi connectivity index (χ1v) is 14.0. The number of rotatable bonds is 4. The zero-order valence-corrected chi connectivity index (χ0v) is 24.4. The Kier molecular flexibility index (Phi) is 7.77. The Balaban J connectivity index is 1.72. The third kappa shape index (κ3) is 5.69. The Morgan fingerprint density at radius 3 is 2.65 bits per heavy atom. The number of aliphatic imine (C=N–C) groups is 1. The van der Waals surface area contributed by atoms with Crippen molar-refractivity contribution in [2.75, 3.05) is 5.32 Å². The van der Waals surface area contributed by atoms with Gasteiger partial charge in [-0.3, -0.25) is 4.79 Å². The molecule has 178 valence electrons. The van der Waals surface area contributed by atoms with E-state index in [4.69, 9.17) is 16.6 Å². The average molecular weight is 672 g/mol. The van der Waals surface area contributed by atoms with Gasteiger partial charge in [0.1, 0.15) is 10.8 Å². The second-order valence-electron chi connectivity index (χ2n) is 9.54. The molecule has 8 heteroatoms. The number of aromatic hydroxyl groups is 1. The van der Waals surface area contributed by atoms with Crippen molar-refractivity contribution >= 4 is 84.3 Å². The number of phenolic OH excluding ortho intramolecular Hbond substituents is 1. The van der Waals surface area contributed by atoms with E-state index < -0.39 is 0 Å². The van der Waals surface area contributed by atoms with Crippen LogP contribution in [0.3, 0.4) is 0 Å². The normalized spacial score (nSPS) is 16.0. The maximum Gasteiger partial charge on any atom is 0.259 e. The van der Waals surface area contributed by atoms with Gasteiger partial charge in [-0.15, -0.1) is 11.3 Å². The average Bonchev–Trinajstić information content (AvgIpc) is 3.14. The van der Waals surface area contributed by atoms with Gasteiger partial charge in [0.25, 0.3) is 5.91 Å². The molecule has 1 aliphatic carbocycles. The molecule has 0 saturated carbocycles. The molecule has 1 heterocycles. The van der Waals surface area contributed by atoms with Crippen LogP contribution in [0.1, 0.15) is 53.6 Å². The maximum absolute atomic E-state index is 13.4. The summed E-state index contributed by atoms with van der Waals surface area (Å²) < 4.78 is 1.34. The molecule has 4 nitrogen and oxygen atoms in total. The number of fused-ring (bicyclic) bond motifs is 1. The lowest BCUT2D eigenvalue weighted by molar-refractivity contribution is 0.102. The molecular formula is C26H25BrClIN2O2S. The van der Waals surface area contributed by atoms with Crippen molar-refractivity contribution in [2.45, 2.75) is 40.0 Å². The summed E-state index contributed by atoms with van der Waals surface area (Å²) in [6.07, 6.45) is 4.64. The number of carbonyl (C=O) groups excluding carboxylic acids is 1. The zero-order valence-electron chi connectivity index (χ0n) is 19.1. The summed E-state index contributed by atoms with van der Waals surface area (Å²) in [6, 6.07) is 10.8. The van der Waals surface area contributed by atoms with E-state index in [1.807, 2.05) is 12.1 Å². The summed E-state index contributed by atoms with van der Waals surface area (Å²) in [5.41, 5.74) is 3.53. The highest BCUT2D eigenvalue weighted by molar-refractivity contribution is 14.1. The summed E-state index contributed by atoms with van der Waals surface area (Å²) in [7, 11) is 0. The molecule has 34 heavy (non-hydrogen) atoms. The molecule has 1 aliphatic rings. The molecule has 2 N–H and O–H groups in total. The highest BCUT2D eigenvalue weighted by atomic mass is 127. The second-order valence-corrected chi connectivity index (χ2v) is 13.1. The Labute approximate surface area is 231 Å². The van der Waals surface area contributed by atoms with Gasteiger partial charge in [0, 0.05) is 21.8 Å². The number of amides is 1. The third-order valence-corrected chi connectivity index (χ3v) is 9.01. The monoisotopic (exact) mass is 670 g/mol. The number of thiophene rings is 1. The lowest BCUT2D eigenvalue weighted by Gasteiger charge is -2.33. The maximum atomic E-state index is 13.4. The molecule has 0 unspecified atom stereocenters. The van der Waals surface area contributed by atoms with Crippen molar-refractivity contribution in [3.8, 4) is 5.75 Å². The first kappa shape index (κ1) is 25.7.